The third-order valence-electron chi connectivity index (χ3n) is 3.55. The summed E-state index contributed by atoms with van der Waals surface area (Å²) in [5.41, 5.74) is 8.38. The molecule has 1 aromatic heterocycles. The van der Waals surface area contributed by atoms with Gasteiger partial charge in [0.2, 0.25) is 0 Å². The number of rotatable bonds is 5. The molecule has 1 aliphatic carbocycles. The summed E-state index contributed by atoms with van der Waals surface area (Å²) in [6, 6.07) is 7.63. The van der Waals surface area contributed by atoms with Crippen molar-refractivity contribution in [2.45, 2.75) is 32.0 Å². The third kappa shape index (κ3) is 2.96. The maximum atomic E-state index is 13.9. The number of anilines is 1. The first-order chi connectivity index (χ1) is 9.24. The highest BCUT2D eigenvalue weighted by molar-refractivity contribution is 7.07. The van der Waals surface area contributed by atoms with Crippen LogP contribution < -0.4 is 5.73 Å². The average Bonchev–Trinajstić information content (AvgIpc) is 3.11. The quantitative estimate of drug-likeness (QED) is 0.845. The number of benzene rings is 1. The summed E-state index contributed by atoms with van der Waals surface area (Å²) < 4.78 is 13.9. The fraction of sp³-hybridized carbons (Fsp3) is 0.333. The molecule has 4 heteroatoms. The monoisotopic (exact) mass is 276 g/mol. The van der Waals surface area contributed by atoms with E-state index in [1.807, 2.05) is 0 Å². The van der Waals surface area contributed by atoms with E-state index in [-0.39, 0.29) is 5.82 Å². The first-order valence-electron chi connectivity index (χ1n) is 6.52. The van der Waals surface area contributed by atoms with E-state index >= 15 is 0 Å². The maximum absolute atomic E-state index is 13.9. The lowest BCUT2D eigenvalue weighted by atomic mass is 10.1. The van der Waals surface area contributed by atoms with E-state index in [2.05, 4.69) is 21.7 Å². The van der Waals surface area contributed by atoms with Crippen molar-refractivity contribution < 1.29 is 4.39 Å². The molecule has 100 valence electrons. The number of thiophene rings is 1. The van der Waals surface area contributed by atoms with E-state index < -0.39 is 0 Å². The second kappa shape index (κ2) is 5.31. The third-order valence-corrected chi connectivity index (χ3v) is 4.28. The van der Waals surface area contributed by atoms with Crippen molar-refractivity contribution in [2.75, 3.05) is 5.73 Å². The summed E-state index contributed by atoms with van der Waals surface area (Å²) in [6.07, 6.45) is 2.41. The van der Waals surface area contributed by atoms with Gasteiger partial charge in [-0.1, -0.05) is 6.07 Å². The van der Waals surface area contributed by atoms with Gasteiger partial charge in [-0.05, 0) is 47.4 Å². The van der Waals surface area contributed by atoms with Gasteiger partial charge in [-0.15, -0.1) is 0 Å². The van der Waals surface area contributed by atoms with E-state index in [0.717, 1.165) is 6.54 Å². The Labute approximate surface area is 116 Å². The molecular weight excluding hydrogens is 259 g/mol. The van der Waals surface area contributed by atoms with Crippen LogP contribution in [0.5, 0.6) is 0 Å². The van der Waals surface area contributed by atoms with Gasteiger partial charge in [0.25, 0.3) is 0 Å². The van der Waals surface area contributed by atoms with Gasteiger partial charge in [-0.3, -0.25) is 4.90 Å². The molecule has 0 amide bonds. The molecule has 1 saturated carbocycles. The Hall–Kier alpha value is -1.39. The second-order valence-electron chi connectivity index (χ2n) is 5.08. The summed E-state index contributed by atoms with van der Waals surface area (Å²) in [5.74, 6) is -0.198. The summed E-state index contributed by atoms with van der Waals surface area (Å²) >= 11 is 1.70. The van der Waals surface area contributed by atoms with Gasteiger partial charge in [0, 0.05) is 30.4 Å². The molecule has 2 N–H and O–H groups in total. The molecule has 0 radical (unpaired) electrons. The standard InChI is InChI=1S/C15H17FN2S/c16-14-2-1-3-15(17)13(14)9-18(12-4-5-12)8-11-6-7-19-10-11/h1-3,6-7,10,12H,4-5,8-9,17H2. The molecule has 0 saturated heterocycles. The Bertz CT molecular complexity index is 529. The van der Waals surface area contributed by atoms with Crippen molar-refractivity contribution in [3.63, 3.8) is 0 Å². The SMILES string of the molecule is Nc1cccc(F)c1CN(Cc1ccsc1)C1CC1. The number of halogens is 1. The highest BCUT2D eigenvalue weighted by atomic mass is 32.1. The van der Waals surface area contributed by atoms with Crippen LogP contribution in [-0.4, -0.2) is 10.9 Å². The van der Waals surface area contributed by atoms with E-state index in [1.54, 1.807) is 23.5 Å². The zero-order valence-corrected chi connectivity index (χ0v) is 11.5. The average molecular weight is 276 g/mol. The van der Waals surface area contributed by atoms with E-state index in [4.69, 9.17) is 5.73 Å². The van der Waals surface area contributed by atoms with E-state index in [1.165, 1.54) is 24.5 Å². The van der Waals surface area contributed by atoms with Crippen molar-refractivity contribution >= 4 is 17.0 Å². The molecule has 1 aliphatic rings. The van der Waals surface area contributed by atoms with Gasteiger partial charge in [0.05, 0.1) is 0 Å². The number of hydrogen-bond acceptors (Lipinski definition) is 3. The van der Waals surface area contributed by atoms with Crippen LogP contribution in [0.3, 0.4) is 0 Å². The zero-order chi connectivity index (χ0) is 13.2. The van der Waals surface area contributed by atoms with E-state index in [9.17, 15) is 4.39 Å². The predicted octanol–water partition coefficient (Wildman–Crippen LogP) is 3.63. The van der Waals surface area contributed by atoms with Crippen LogP contribution in [0.4, 0.5) is 10.1 Å². The lowest BCUT2D eigenvalue weighted by Crippen LogP contribution is -2.25. The fourth-order valence-electron chi connectivity index (χ4n) is 2.32. The van der Waals surface area contributed by atoms with Gasteiger partial charge in [-0.25, -0.2) is 4.39 Å². The Kier molecular flexibility index (Phi) is 3.53. The molecule has 3 rings (SSSR count). The summed E-state index contributed by atoms with van der Waals surface area (Å²) in [7, 11) is 0. The Morgan fingerprint density at radius 2 is 2.11 bits per heavy atom. The summed E-state index contributed by atoms with van der Waals surface area (Å²) in [5, 5.41) is 4.23. The molecule has 0 bridgehead atoms. The Morgan fingerprint density at radius 3 is 2.74 bits per heavy atom. The van der Waals surface area contributed by atoms with Crippen LogP contribution in [0.25, 0.3) is 0 Å². The fourth-order valence-corrected chi connectivity index (χ4v) is 2.98. The molecule has 2 nitrogen and oxygen atoms in total. The van der Waals surface area contributed by atoms with Crippen molar-refractivity contribution in [3.8, 4) is 0 Å². The van der Waals surface area contributed by atoms with Crippen LogP contribution in [0.2, 0.25) is 0 Å². The molecule has 0 unspecified atom stereocenters. The lowest BCUT2D eigenvalue weighted by Gasteiger charge is -2.22. The normalized spacial score (nSPS) is 15.1. The van der Waals surface area contributed by atoms with E-state index in [0.29, 0.717) is 23.8 Å². The molecule has 0 atom stereocenters. The van der Waals surface area contributed by atoms with Gasteiger partial charge in [0.1, 0.15) is 5.82 Å². The van der Waals surface area contributed by atoms with Crippen LogP contribution in [-0.2, 0) is 13.1 Å². The molecule has 1 aromatic carbocycles. The van der Waals surface area contributed by atoms with Crippen LogP contribution in [0.15, 0.2) is 35.0 Å². The van der Waals surface area contributed by atoms with Gasteiger partial charge >= 0.3 is 0 Å². The number of nitrogens with two attached hydrogens (primary N) is 1. The first-order valence-corrected chi connectivity index (χ1v) is 7.46. The highest BCUT2D eigenvalue weighted by Gasteiger charge is 2.29. The minimum absolute atomic E-state index is 0.198. The largest absolute Gasteiger partial charge is 0.398 e. The van der Waals surface area contributed by atoms with Gasteiger partial charge in [-0.2, -0.15) is 11.3 Å². The van der Waals surface area contributed by atoms with Crippen LogP contribution in [0, 0.1) is 5.82 Å². The topological polar surface area (TPSA) is 29.3 Å². The zero-order valence-electron chi connectivity index (χ0n) is 10.7. The van der Waals surface area contributed by atoms with Gasteiger partial charge in [0.15, 0.2) is 0 Å². The van der Waals surface area contributed by atoms with Crippen molar-refractivity contribution in [3.05, 3.63) is 52.0 Å². The second-order valence-corrected chi connectivity index (χ2v) is 5.86. The minimum atomic E-state index is -0.198. The Morgan fingerprint density at radius 1 is 1.26 bits per heavy atom. The minimum Gasteiger partial charge on any atom is -0.398 e. The summed E-state index contributed by atoms with van der Waals surface area (Å²) in [6.45, 7) is 1.47. The predicted molar refractivity (Wildman–Crippen MR) is 77.4 cm³/mol. The van der Waals surface area contributed by atoms with Gasteiger partial charge < -0.3 is 5.73 Å². The van der Waals surface area contributed by atoms with Crippen molar-refractivity contribution in [2.24, 2.45) is 0 Å². The van der Waals surface area contributed by atoms with Crippen LogP contribution in [0.1, 0.15) is 24.0 Å². The summed E-state index contributed by atoms with van der Waals surface area (Å²) in [4.78, 5) is 2.33. The molecule has 1 heterocycles. The number of nitrogen functional groups attached to an aromatic ring is 1. The molecule has 2 aromatic rings. The van der Waals surface area contributed by atoms with Crippen molar-refractivity contribution in [1.82, 2.24) is 4.90 Å². The Balaban J connectivity index is 1.78. The molecule has 0 spiro atoms. The molecule has 1 fully saturated rings. The number of nitrogens with zero attached hydrogens (tertiary/aromatic N) is 1. The number of hydrogen-bond donors (Lipinski definition) is 1. The molecule has 0 aliphatic heterocycles. The van der Waals surface area contributed by atoms with Crippen LogP contribution >= 0.6 is 11.3 Å². The molecule has 19 heavy (non-hydrogen) atoms. The first kappa shape index (κ1) is 12.6. The molecular formula is C15H17FN2S. The van der Waals surface area contributed by atoms with Crippen molar-refractivity contribution in [1.29, 1.82) is 0 Å². The lowest BCUT2D eigenvalue weighted by molar-refractivity contribution is 0.243. The maximum Gasteiger partial charge on any atom is 0.129 e. The smallest absolute Gasteiger partial charge is 0.129 e. The highest BCUT2D eigenvalue weighted by Crippen LogP contribution is 2.31.